The van der Waals surface area contributed by atoms with E-state index in [-0.39, 0.29) is 11.5 Å². The topological polar surface area (TPSA) is 84.5 Å². The van der Waals surface area contributed by atoms with Crippen LogP contribution >= 0.6 is 39.1 Å². The summed E-state index contributed by atoms with van der Waals surface area (Å²) in [5.41, 5.74) is 0.813. The molecule has 3 aromatic rings. The van der Waals surface area contributed by atoms with Crippen molar-refractivity contribution in [1.82, 2.24) is 0 Å². The summed E-state index contributed by atoms with van der Waals surface area (Å²) in [6, 6.07) is 17.2. The molecule has 3 rings (SSSR count). The number of amides is 1. The third-order valence-corrected chi connectivity index (χ3v) is 6.29. The fourth-order valence-corrected chi connectivity index (χ4v) is 4.04. The van der Waals surface area contributed by atoms with E-state index in [1.807, 2.05) is 0 Å². The van der Waals surface area contributed by atoms with Gasteiger partial charge in [-0.25, -0.2) is 8.42 Å². The number of halogens is 3. The molecule has 0 spiro atoms. The molecule has 0 bridgehead atoms. The second-order valence-corrected chi connectivity index (χ2v) is 9.49. The third kappa shape index (κ3) is 6.12. The average molecular weight is 530 g/mol. The first kappa shape index (κ1) is 22.4. The molecule has 0 aliphatic heterocycles. The Bertz CT molecular complexity index is 1150. The van der Waals surface area contributed by atoms with Crippen molar-refractivity contribution in [3.63, 3.8) is 0 Å². The van der Waals surface area contributed by atoms with Crippen molar-refractivity contribution in [1.29, 1.82) is 0 Å². The largest absolute Gasteiger partial charge is 0.484 e. The minimum atomic E-state index is -3.75. The molecule has 30 heavy (non-hydrogen) atoms. The summed E-state index contributed by atoms with van der Waals surface area (Å²) < 4.78 is 33.7. The van der Waals surface area contributed by atoms with E-state index in [1.54, 1.807) is 36.4 Å². The van der Waals surface area contributed by atoms with Crippen LogP contribution in [0.25, 0.3) is 0 Å². The van der Waals surface area contributed by atoms with Gasteiger partial charge in [0.1, 0.15) is 5.75 Å². The van der Waals surface area contributed by atoms with Crippen LogP contribution < -0.4 is 14.8 Å². The van der Waals surface area contributed by atoms with E-state index < -0.39 is 15.9 Å². The highest BCUT2D eigenvalue weighted by Gasteiger charge is 2.14. The van der Waals surface area contributed by atoms with E-state index in [0.717, 1.165) is 4.47 Å². The Hall–Kier alpha value is -2.26. The minimum absolute atomic E-state index is 0.0629. The molecule has 0 saturated carbocycles. The normalized spacial score (nSPS) is 11.0. The zero-order valence-electron chi connectivity index (χ0n) is 15.2. The lowest BCUT2D eigenvalue weighted by Gasteiger charge is -2.11. The molecule has 0 aromatic heterocycles. The van der Waals surface area contributed by atoms with Gasteiger partial charge in [-0.2, -0.15) is 0 Å². The monoisotopic (exact) mass is 528 g/mol. The van der Waals surface area contributed by atoms with E-state index in [1.165, 1.54) is 30.3 Å². The van der Waals surface area contributed by atoms with Crippen LogP contribution in [0.1, 0.15) is 0 Å². The molecule has 0 atom stereocenters. The number of hydrogen-bond acceptors (Lipinski definition) is 4. The van der Waals surface area contributed by atoms with Crippen LogP contribution in [0.15, 0.2) is 76.1 Å². The zero-order valence-corrected chi connectivity index (χ0v) is 19.1. The molecule has 0 aliphatic rings. The summed E-state index contributed by atoms with van der Waals surface area (Å²) in [6.07, 6.45) is 0. The summed E-state index contributed by atoms with van der Waals surface area (Å²) in [6.45, 7) is -0.286. The van der Waals surface area contributed by atoms with Gasteiger partial charge < -0.3 is 10.1 Å². The SMILES string of the molecule is O=C(COc1ccc(S(=O)(=O)Nc2ccc(Br)cc2)cc1)Nc1cc(Cl)ccc1Cl. The molecule has 0 aliphatic carbocycles. The van der Waals surface area contributed by atoms with E-state index in [4.69, 9.17) is 27.9 Å². The first-order chi connectivity index (χ1) is 14.2. The lowest BCUT2D eigenvalue weighted by molar-refractivity contribution is -0.118. The number of hydrogen-bond donors (Lipinski definition) is 2. The van der Waals surface area contributed by atoms with Crippen molar-refractivity contribution in [3.05, 3.63) is 81.2 Å². The Labute approximate surface area is 192 Å². The van der Waals surface area contributed by atoms with Gasteiger partial charge in [-0.15, -0.1) is 0 Å². The summed E-state index contributed by atoms with van der Waals surface area (Å²) in [7, 11) is -3.75. The number of benzene rings is 3. The Kier molecular flexibility index (Phi) is 7.25. The molecule has 6 nitrogen and oxygen atoms in total. The standard InChI is InChI=1S/C20H15BrCl2N2O4S/c21-13-1-4-15(5-2-13)25-30(27,28)17-8-6-16(7-9-17)29-12-20(26)24-19-11-14(22)3-10-18(19)23/h1-11,25H,12H2,(H,24,26). The maximum Gasteiger partial charge on any atom is 0.262 e. The molecular formula is C20H15BrCl2N2O4S. The Morgan fingerprint density at radius 2 is 1.63 bits per heavy atom. The van der Waals surface area contributed by atoms with Gasteiger partial charge in [0.05, 0.1) is 15.6 Å². The Morgan fingerprint density at radius 1 is 0.967 bits per heavy atom. The Morgan fingerprint density at radius 3 is 2.30 bits per heavy atom. The Balaban J connectivity index is 1.59. The van der Waals surface area contributed by atoms with E-state index in [0.29, 0.717) is 27.2 Å². The van der Waals surface area contributed by atoms with Crippen molar-refractivity contribution in [3.8, 4) is 5.75 Å². The van der Waals surface area contributed by atoms with E-state index in [2.05, 4.69) is 26.0 Å². The van der Waals surface area contributed by atoms with Gasteiger partial charge in [0, 0.05) is 15.2 Å². The van der Waals surface area contributed by atoms with Crippen molar-refractivity contribution >= 4 is 66.4 Å². The lowest BCUT2D eigenvalue weighted by Crippen LogP contribution is -2.20. The van der Waals surface area contributed by atoms with Crippen LogP contribution in [0, 0.1) is 0 Å². The summed E-state index contributed by atoms with van der Waals surface area (Å²) in [5.74, 6) is -0.0993. The molecule has 10 heteroatoms. The van der Waals surface area contributed by atoms with Crippen molar-refractivity contribution in [2.45, 2.75) is 4.90 Å². The molecular weight excluding hydrogens is 515 g/mol. The number of carbonyl (C=O) groups excluding carboxylic acids is 1. The van der Waals surface area contributed by atoms with Crippen LogP contribution in [0.2, 0.25) is 10.0 Å². The molecule has 1 amide bonds. The van der Waals surface area contributed by atoms with Crippen LogP contribution in [0.3, 0.4) is 0 Å². The quantitative estimate of drug-likeness (QED) is 0.418. The molecule has 156 valence electrons. The first-order valence-electron chi connectivity index (χ1n) is 8.49. The predicted octanol–water partition coefficient (Wildman–Crippen LogP) is 5.57. The molecule has 0 fully saturated rings. The number of anilines is 2. The first-order valence-corrected chi connectivity index (χ1v) is 11.5. The predicted molar refractivity (Wildman–Crippen MR) is 122 cm³/mol. The second-order valence-electron chi connectivity index (χ2n) is 6.04. The highest BCUT2D eigenvalue weighted by atomic mass is 79.9. The fraction of sp³-hybridized carbons (Fsp3) is 0.0500. The van der Waals surface area contributed by atoms with E-state index >= 15 is 0 Å². The maximum absolute atomic E-state index is 12.5. The minimum Gasteiger partial charge on any atom is -0.484 e. The van der Waals surface area contributed by atoms with Crippen LogP contribution in [0.4, 0.5) is 11.4 Å². The van der Waals surface area contributed by atoms with Crippen LogP contribution in [-0.4, -0.2) is 20.9 Å². The lowest BCUT2D eigenvalue weighted by atomic mass is 10.3. The summed E-state index contributed by atoms with van der Waals surface area (Å²) >= 11 is 15.2. The van der Waals surface area contributed by atoms with Crippen LogP contribution in [0.5, 0.6) is 5.75 Å². The highest BCUT2D eigenvalue weighted by Crippen LogP contribution is 2.25. The van der Waals surface area contributed by atoms with Gasteiger partial charge in [0.25, 0.3) is 15.9 Å². The molecule has 3 aromatic carbocycles. The van der Waals surface area contributed by atoms with Gasteiger partial charge >= 0.3 is 0 Å². The molecule has 0 unspecified atom stereocenters. The second kappa shape index (κ2) is 9.70. The van der Waals surface area contributed by atoms with Gasteiger partial charge in [0.2, 0.25) is 0 Å². The van der Waals surface area contributed by atoms with Crippen LogP contribution in [-0.2, 0) is 14.8 Å². The third-order valence-electron chi connectivity index (χ3n) is 3.80. The number of nitrogens with one attached hydrogen (secondary N) is 2. The van der Waals surface area contributed by atoms with Crippen molar-refractivity contribution in [2.75, 3.05) is 16.6 Å². The molecule has 0 heterocycles. The van der Waals surface area contributed by atoms with Gasteiger partial charge in [-0.3, -0.25) is 9.52 Å². The summed E-state index contributed by atoms with van der Waals surface area (Å²) in [5, 5.41) is 3.38. The average Bonchev–Trinajstić information content (AvgIpc) is 2.71. The number of rotatable bonds is 7. The zero-order chi connectivity index (χ0) is 21.7. The smallest absolute Gasteiger partial charge is 0.262 e. The summed E-state index contributed by atoms with van der Waals surface area (Å²) in [4.78, 5) is 12.1. The number of ether oxygens (including phenoxy) is 1. The van der Waals surface area contributed by atoms with Gasteiger partial charge in [-0.05, 0) is 66.7 Å². The van der Waals surface area contributed by atoms with Gasteiger partial charge in [0.15, 0.2) is 6.61 Å². The van der Waals surface area contributed by atoms with Crippen molar-refractivity contribution in [2.24, 2.45) is 0 Å². The molecule has 0 saturated heterocycles. The van der Waals surface area contributed by atoms with Gasteiger partial charge in [-0.1, -0.05) is 39.1 Å². The van der Waals surface area contributed by atoms with Crippen molar-refractivity contribution < 1.29 is 17.9 Å². The fourth-order valence-electron chi connectivity index (χ4n) is 2.38. The highest BCUT2D eigenvalue weighted by molar-refractivity contribution is 9.10. The molecule has 2 N–H and O–H groups in total. The van der Waals surface area contributed by atoms with E-state index in [9.17, 15) is 13.2 Å². The number of sulfonamides is 1. The maximum atomic E-state index is 12.5. The molecule has 0 radical (unpaired) electrons. The number of carbonyl (C=O) groups is 1.